The Morgan fingerprint density at radius 3 is 1.09 bits per heavy atom. The maximum absolute atomic E-state index is 6.73. The van der Waals surface area contributed by atoms with E-state index in [4.69, 9.17) is 8.83 Å². The van der Waals surface area contributed by atoms with Crippen molar-refractivity contribution in [3.63, 3.8) is 0 Å². The van der Waals surface area contributed by atoms with Crippen molar-refractivity contribution in [3.05, 3.63) is 217 Å². The Morgan fingerprint density at radius 1 is 0.270 bits per heavy atom. The standard InChI is InChI=1S/C70H56N2O2/c1-3-15-45(16-4-1)51-29-35-61-63(41-51)69(71(53-31-27-47-19-7-9-21-49(47)39-53)55-33-37-59-57-23-11-13-25-65(57)73-67(59)43-55)62-36-30-52(46-17-5-2-6-18-46)42-64(62)70(61)72(54-32-28-48-20-8-10-22-50(48)40-54)56-34-38-60-58-24-12-14-26-66(58)74-68(60)44-56/h7-14,19-46H,1-6,15-18H2. The van der Waals surface area contributed by atoms with Crippen molar-refractivity contribution in [2.45, 2.75) is 76.0 Å². The quantitative estimate of drug-likeness (QED) is 0.112. The molecule has 2 aromatic heterocycles. The Bertz CT molecular complexity index is 4040. The van der Waals surface area contributed by atoms with Gasteiger partial charge in [-0.25, -0.2) is 0 Å². The summed E-state index contributed by atoms with van der Waals surface area (Å²) >= 11 is 0. The van der Waals surface area contributed by atoms with E-state index in [9.17, 15) is 0 Å². The molecule has 74 heavy (non-hydrogen) atoms. The van der Waals surface area contributed by atoms with Crippen LogP contribution in [0.2, 0.25) is 0 Å². The second kappa shape index (κ2) is 17.7. The summed E-state index contributed by atoms with van der Waals surface area (Å²) in [6, 6.07) is 77.2. The first-order chi connectivity index (χ1) is 36.7. The summed E-state index contributed by atoms with van der Waals surface area (Å²) in [5.41, 5.74) is 13.1. The van der Waals surface area contributed by atoms with Gasteiger partial charge in [0, 0.05) is 78.0 Å². The topological polar surface area (TPSA) is 32.8 Å². The van der Waals surface area contributed by atoms with Gasteiger partial charge in [0.1, 0.15) is 22.3 Å². The van der Waals surface area contributed by atoms with Crippen LogP contribution in [0, 0.1) is 0 Å². The Kier molecular flexibility index (Phi) is 10.3. The summed E-state index contributed by atoms with van der Waals surface area (Å²) in [6.45, 7) is 0. The van der Waals surface area contributed by atoms with Gasteiger partial charge >= 0.3 is 0 Å². The van der Waals surface area contributed by atoms with E-state index >= 15 is 0 Å². The third-order valence-corrected chi connectivity index (χ3v) is 16.9. The first kappa shape index (κ1) is 43.3. The molecule has 0 aliphatic heterocycles. The van der Waals surface area contributed by atoms with Crippen LogP contribution in [0.4, 0.5) is 34.1 Å². The first-order valence-corrected chi connectivity index (χ1v) is 27.1. The maximum atomic E-state index is 6.73. The zero-order valence-electron chi connectivity index (χ0n) is 41.6. The van der Waals surface area contributed by atoms with Crippen molar-refractivity contribution >= 4 is 121 Å². The highest BCUT2D eigenvalue weighted by molar-refractivity contribution is 6.24. The molecule has 0 atom stereocenters. The number of anilines is 6. The van der Waals surface area contributed by atoms with Crippen LogP contribution in [0.25, 0.3) is 87.0 Å². The summed E-state index contributed by atoms with van der Waals surface area (Å²) in [6.07, 6.45) is 12.5. The highest BCUT2D eigenvalue weighted by Crippen LogP contribution is 2.54. The van der Waals surface area contributed by atoms with Gasteiger partial charge in [0.2, 0.25) is 0 Å². The van der Waals surface area contributed by atoms with Crippen LogP contribution in [0.15, 0.2) is 215 Å². The highest BCUT2D eigenvalue weighted by atomic mass is 16.3. The Balaban J connectivity index is 1.08. The molecule has 4 heteroatoms. The van der Waals surface area contributed by atoms with Crippen molar-refractivity contribution in [2.24, 2.45) is 0 Å². The molecule has 15 rings (SSSR count). The Morgan fingerprint density at radius 2 is 0.635 bits per heavy atom. The van der Waals surface area contributed by atoms with Gasteiger partial charge in [-0.2, -0.15) is 0 Å². The lowest BCUT2D eigenvalue weighted by Crippen LogP contribution is -2.15. The van der Waals surface area contributed by atoms with Crippen LogP contribution >= 0.6 is 0 Å². The number of hydrogen-bond donors (Lipinski definition) is 0. The van der Waals surface area contributed by atoms with Crippen LogP contribution in [0.3, 0.4) is 0 Å². The molecule has 0 spiro atoms. The summed E-state index contributed by atoms with van der Waals surface area (Å²) in [7, 11) is 0. The SMILES string of the molecule is c1ccc2cc(N(c3ccc4c(c3)oc3ccccc34)c3c4ccc(C5CCCCC5)cc4c(N(c4ccc5ccccc5c4)c4ccc5c(c4)oc4ccccc45)c4ccc(C5CCCCC5)cc34)ccc2c1. The fourth-order valence-corrected chi connectivity index (χ4v) is 13.2. The molecule has 0 amide bonds. The number of rotatable bonds is 8. The van der Waals surface area contributed by atoms with Crippen LogP contribution in [0.1, 0.15) is 87.2 Å². The van der Waals surface area contributed by atoms with E-state index in [0.29, 0.717) is 11.8 Å². The molecule has 2 aliphatic rings. The molecule has 2 heterocycles. The molecular weight excluding hydrogens is 901 g/mol. The van der Waals surface area contributed by atoms with E-state index in [1.165, 1.54) is 130 Å². The van der Waals surface area contributed by atoms with Gasteiger partial charge < -0.3 is 18.6 Å². The third-order valence-electron chi connectivity index (χ3n) is 16.9. The zero-order valence-corrected chi connectivity index (χ0v) is 41.6. The van der Waals surface area contributed by atoms with E-state index in [1.807, 2.05) is 0 Å². The molecule has 11 aromatic carbocycles. The van der Waals surface area contributed by atoms with Gasteiger partial charge in [0.25, 0.3) is 0 Å². The molecule has 0 unspecified atom stereocenters. The largest absolute Gasteiger partial charge is 0.456 e. The minimum atomic E-state index is 0.502. The summed E-state index contributed by atoms with van der Waals surface area (Å²) in [5.74, 6) is 1.00. The molecule has 4 nitrogen and oxygen atoms in total. The molecule has 0 saturated heterocycles. The molecule has 0 N–H and O–H groups in total. The number of para-hydroxylation sites is 2. The van der Waals surface area contributed by atoms with Crippen molar-refractivity contribution in [1.29, 1.82) is 0 Å². The maximum Gasteiger partial charge on any atom is 0.137 e. The Labute approximate surface area is 431 Å². The predicted molar refractivity (Wildman–Crippen MR) is 312 cm³/mol. The van der Waals surface area contributed by atoms with Crippen molar-refractivity contribution in [3.8, 4) is 0 Å². The van der Waals surface area contributed by atoms with E-state index in [-0.39, 0.29) is 0 Å². The van der Waals surface area contributed by atoms with Crippen LogP contribution in [-0.4, -0.2) is 0 Å². The van der Waals surface area contributed by atoms with E-state index < -0.39 is 0 Å². The molecule has 358 valence electrons. The molecule has 0 bridgehead atoms. The average Bonchev–Trinajstić information content (AvgIpc) is 4.03. The monoisotopic (exact) mass is 956 g/mol. The molecule has 13 aromatic rings. The van der Waals surface area contributed by atoms with Gasteiger partial charge in [-0.05, 0) is 143 Å². The molecule has 2 aliphatic carbocycles. The number of fused-ring (bicyclic) bond motifs is 10. The molecule has 2 fully saturated rings. The van der Waals surface area contributed by atoms with Crippen LogP contribution in [0.5, 0.6) is 0 Å². The molecule has 2 saturated carbocycles. The van der Waals surface area contributed by atoms with Gasteiger partial charge in [0.05, 0.1) is 11.4 Å². The van der Waals surface area contributed by atoms with Crippen molar-refractivity contribution in [2.75, 3.05) is 9.80 Å². The predicted octanol–water partition coefficient (Wildman–Crippen LogP) is 21.1. The summed E-state index contributed by atoms with van der Waals surface area (Å²) in [4.78, 5) is 5.11. The van der Waals surface area contributed by atoms with Gasteiger partial charge in [-0.15, -0.1) is 0 Å². The van der Waals surface area contributed by atoms with Gasteiger partial charge in [-0.3, -0.25) is 0 Å². The summed E-state index contributed by atoms with van der Waals surface area (Å²) < 4.78 is 13.5. The second-order valence-corrected chi connectivity index (χ2v) is 21.3. The minimum Gasteiger partial charge on any atom is -0.456 e. The van der Waals surface area contributed by atoms with Gasteiger partial charge in [0.15, 0.2) is 0 Å². The lowest BCUT2D eigenvalue weighted by Gasteiger charge is -2.34. The number of nitrogens with zero attached hydrogens (tertiary/aromatic N) is 2. The normalized spacial score (nSPS) is 14.9. The van der Waals surface area contributed by atoms with E-state index in [1.54, 1.807) is 0 Å². The second-order valence-electron chi connectivity index (χ2n) is 21.3. The lowest BCUT2D eigenvalue weighted by atomic mass is 9.81. The fourth-order valence-electron chi connectivity index (χ4n) is 13.2. The zero-order chi connectivity index (χ0) is 48.7. The van der Waals surface area contributed by atoms with E-state index in [0.717, 1.165) is 66.6 Å². The van der Waals surface area contributed by atoms with Crippen LogP contribution in [-0.2, 0) is 0 Å². The van der Waals surface area contributed by atoms with Crippen molar-refractivity contribution in [1.82, 2.24) is 0 Å². The Hall–Kier alpha value is -8.34. The third kappa shape index (κ3) is 7.25. The number of benzene rings is 11. The fraction of sp³-hybridized carbons (Fsp3) is 0.171. The van der Waals surface area contributed by atoms with Gasteiger partial charge in [-0.1, -0.05) is 160 Å². The number of furan rings is 2. The van der Waals surface area contributed by atoms with Crippen molar-refractivity contribution < 1.29 is 8.83 Å². The minimum absolute atomic E-state index is 0.502. The molecular formula is C70H56N2O2. The van der Waals surface area contributed by atoms with Crippen LogP contribution < -0.4 is 9.80 Å². The average molecular weight is 957 g/mol. The van der Waals surface area contributed by atoms with E-state index in [2.05, 4.69) is 216 Å². The highest BCUT2D eigenvalue weighted by Gasteiger charge is 2.29. The number of hydrogen-bond acceptors (Lipinski definition) is 4. The first-order valence-electron chi connectivity index (χ1n) is 27.1. The lowest BCUT2D eigenvalue weighted by molar-refractivity contribution is 0.444. The molecule has 0 radical (unpaired) electrons. The summed E-state index contributed by atoms with van der Waals surface area (Å²) in [5, 5.41) is 14.2. The smallest absolute Gasteiger partial charge is 0.137 e.